The van der Waals surface area contributed by atoms with Gasteiger partial charge in [-0.15, -0.1) is 0 Å². The number of hydrogen-bond donors (Lipinski definition) is 1. The second-order valence-corrected chi connectivity index (χ2v) is 6.32. The van der Waals surface area contributed by atoms with Gasteiger partial charge in [0.15, 0.2) is 0 Å². The fourth-order valence-electron chi connectivity index (χ4n) is 3.24. The third-order valence-corrected chi connectivity index (χ3v) is 4.55. The first-order valence-electron chi connectivity index (χ1n) is 8.11. The molecule has 3 amide bonds. The predicted octanol–water partition coefficient (Wildman–Crippen LogP) is 1.56. The van der Waals surface area contributed by atoms with E-state index in [4.69, 9.17) is 0 Å². The summed E-state index contributed by atoms with van der Waals surface area (Å²) in [7, 11) is 0. The van der Waals surface area contributed by atoms with E-state index in [0.29, 0.717) is 11.4 Å². The number of rotatable bonds is 4. The van der Waals surface area contributed by atoms with Crippen LogP contribution in [0.1, 0.15) is 5.56 Å². The van der Waals surface area contributed by atoms with E-state index in [9.17, 15) is 14.4 Å². The van der Waals surface area contributed by atoms with Gasteiger partial charge in [-0.25, -0.2) is 4.90 Å². The lowest BCUT2D eigenvalue weighted by molar-refractivity contribution is -0.124. The zero-order valence-corrected chi connectivity index (χ0v) is 13.7. The highest BCUT2D eigenvalue weighted by Gasteiger charge is 2.66. The Hall–Kier alpha value is -2.99. The molecule has 2 fully saturated rings. The number of amides is 3. The van der Waals surface area contributed by atoms with E-state index < -0.39 is 12.1 Å². The number of hydrogen-bond acceptors (Lipinski definition) is 4. The van der Waals surface area contributed by atoms with Crippen LogP contribution in [-0.4, -0.2) is 41.2 Å². The first-order valence-corrected chi connectivity index (χ1v) is 8.11. The van der Waals surface area contributed by atoms with Crippen molar-refractivity contribution in [2.24, 2.45) is 0 Å². The molecule has 0 spiro atoms. The number of benzene rings is 2. The zero-order chi connectivity index (χ0) is 17.6. The number of imide groups is 1. The van der Waals surface area contributed by atoms with Crippen LogP contribution >= 0.6 is 0 Å². The van der Waals surface area contributed by atoms with Gasteiger partial charge in [-0.1, -0.05) is 35.9 Å². The number of piperazine rings is 1. The van der Waals surface area contributed by atoms with Gasteiger partial charge >= 0.3 is 0 Å². The molecule has 0 aromatic heterocycles. The monoisotopic (exact) mass is 335 g/mol. The van der Waals surface area contributed by atoms with Crippen LogP contribution < -0.4 is 10.2 Å². The summed E-state index contributed by atoms with van der Waals surface area (Å²) < 4.78 is 0. The highest BCUT2D eigenvalue weighted by atomic mass is 16.2. The molecule has 0 bridgehead atoms. The number of fused-ring (bicyclic) bond motifs is 1. The number of carbonyl (C=O) groups is 3. The van der Waals surface area contributed by atoms with Gasteiger partial charge in [-0.3, -0.25) is 19.3 Å². The van der Waals surface area contributed by atoms with Crippen molar-refractivity contribution in [2.45, 2.75) is 19.0 Å². The number of carbonyl (C=O) groups excluding carboxylic acids is 3. The van der Waals surface area contributed by atoms with Crippen LogP contribution in [0.3, 0.4) is 0 Å². The van der Waals surface area contributed by atoms with Crippen molar-refractivity contribution in [1.82, 2.24) is 4.90 Å². The summed E-state index contributed by atoms with van der Waals surface area (Å²) in [5.41, 5.74) is 2.34. The van der Waals surface area contributed by atoms with Crippen molar-refractivity contribution in [3.05, 3.63) is 60.2 Å². The Labute approximate surface area is 145 Å². The van der Waals surface area contributed by atoms with E-state index in [1.165, 1.54) is 4.90 Å². The van der Waals surface area contributed by atoms with Gasteiger partial charge in [0.25, 0.3) is 11.8 Å². The van der Waals surface area contributed by atoms with Gasteiger partial charge in [0.05, 0.1) is 12.2 Å². The van der Waals surface area contributed by atoms with E-state index >= 15 is 0 Å². The maximum atomic E-state index is 12.5. The number of anilines is 2. The summed E-state index contributed by atoms with van der Waals surface area (Å²) >= 11 is 0. The lowest BCUT2D eigenvalue weighted by Gasteiger charge is -2.19. The van der Waals surface area contributed by atoms with Crippen molar-refractivity contribution in [3.8, 4) is 0 Å². The molecular weight excluding hydrogens is 318 g/mol. The summed E-state index contributed by atoms with van der Waals surface area (Å²) in [5.74, 6) is -0.749. The van der Waals surface area contributed by atoms with Crippen molar-refractivity contribution in [2.75, 3.05) is 16.8 Å². The van der Waals surface area contributed by atoms with Crippen molar-refractivity contribution in [3.63, 3.8) is 0 Å². The molecule has 0 radical (unpaired) electrons. The topological polar surface area (TPSA) is 69.5 Å². The molecule has 25 heavy (non-hydrogen) atoms. The minimum Gasteiger partial charge on any atom is -0.325 e. The molecule has 2 aliphatic rings. The maximum Gasteiger partial charge on any atom is 0.253 e. The molecule has 2 heterocycles. The third kappa shape index (κ3) is 2.70. The second kappa shape index (κ2) is 5.82. The van der Waals surface area contributed by atoms with Crippen LogP contribution in [0.5, 0.6) is 0 Å². The molecule has 1 N–H and O–H groups in total. The van der Waals surface area contributed by atoms with Crippen LogP contribution in [0.25, 0.3) is 0 Å². The highest BCUT2D eigenvalue weighted by molar-refractivity contribution is 6.28. The van der Waals surface area contributed by atoms with Crippen molar-refractivity contribution < 1.29 is 14.4 Å². The molecule has 0 unspecified atom stereocenters. The van der Waals surface area contributed by atoms with Gasteiger partial charge in [0, 0.05) is 5.69 Å². The number of aryl methyl sites for hydroxylation is 1. The Kier molecular flexibility index (Phi) is 3.62. The van der Waals surface area contributed by atoms with E-state index in [-0.39, 0.29) is 24.3 Å². The largest absolute Gasteiger partial charge is 0.325 e. The summed E-state index contributed by atoms with van der Waals surface area (Å²) in [5, 5.41) is 2.76. The minimum absolute atomic E-state index is 0.0312. The van der Waals surface area contributed by atoms with Gasteiger partial charge < -0.3 is 5.32 Å². The molecule has 2 saturated heterocycles. The average Bonchev–Trinajstić information content (AvgIpc) is 3.23. The molecule has 2 aromatic rings. The van der Waals surface area contributed by atoms with E-state index in [0.717, 1.165) is 5.56 Å². The summed E-state index contributed by atoms with van der Waals surface area (Å²) in [6.45, 7) is 1.98. The molecule has 2 aromatic carbocycles. The average molecular weight is 335 g/mol. The summed E-state index contributed by atoms with van der Waals surface area (Å²) in [6.07, 6.45) is 0. The molecule has 6 heteroatoms. The van der Waals surface area contributed by atoms with Gasteiger partial charge in [-0.05, 0) is 31.2 Å². The van der Waals surface area contributed by atoms with Crippen LogP contribution in [0.4, 0.5) is 11.4 Å². The molecule has 2 aliphatic heterocycles. The Morgan fingerprint density at radius 3 is 2.16 bits per heavy atom. The molecule has 0 saturated carbocycles. The predicted molar refractivity (Wildman–Crippen MR) is 93.0 cm³/mol. The molecule has 2 atom stereocenters. The second-order valence-electron chi connectivity index (χ2n) is 6.32. The minimum atomic E-state index is -0.518. The first kappa shape index (κ1) is 15.5. The maximum absolute atomic E-state index is 12.5. The Morgan fingerprint density at radius 1 is 0.960 bits per heavy atom. The number of nitrogens with zero attached hydrogens (tertiary/aromatic N) is 2. The first-order chi connectivity index (χ1) is 12.1. The Balaban J connectivity index is 1.41. The molecular formula is C19H17N3O3. The summed E-state index contributed by atoms with van der Waals surface area (Å²) in [6, 6.07) is 15.3. The van der Waals surface area contributed by atoms with Crippen LogP contribution in [-0.2, 0) is 14.4 Å². The summed E-state index contributed by atoms with van der Waals surface area (Å²) in [4.78, 5) is 40.0. The normalized spacial score (nSPS) is 24.2. The van der Waals surface area contributed by atoms with Gasteiger partial charge in [-0.2, -0.15) is 0 Å². The van der Waals surface area contributed by atoms with E-state index in [1.54, 1.807) is 29.2 Å². The lowest BCUT2D eigenvalue weighted by atomic mass is 10.2. The fourth-order valence-corrected chi connectivity index (χ4v) is 3.24. The molecule has 4 rings (SSSR count). The van der Waals surface area contributed by atoms with Crippen LogP contribution in [0.2, 0.25) is 0 Å². The quantitative estimate of drug-likeness (QED) is 0.680. The standard InChI is InChI=1S/C19H17N3O3/c1-12-7-9-14(10-8-12)22-18(24)16-17(19(22)25)21(16)11-15(23)20-13-5-3-2-4-6-13/h2-10,16-17H,11H2,1H3,(H,20,23)/t16-,17-/m1/s1. The van der Waals surface area contributed by atoms with Crippen LogP contribution in [0.15, 0.2) is 54.6 Å². The Bertz CT molecular complexity index is 826. The van der Waals surface area contributed by atoms with E-state index in [2.05, 4.69) is 5.32 Å². The number of nitrogens with one attached hydrogen (secondary N) is 1. The van der Waals surface area contributed by atoms with E-state index in [1.807, 2.05) is 37.3 Å². The third-order valence-electron chi connectivity index (χ3n) is 4.55. The van der Waals surface area contributed by atoms with Crippen molar-refractivity contribution in [1.29, 1.82) is 0 Å². The molecule has 6 nitrogen and oxygen atoms in total. The molecule has 126 valence electrons. The fraction of sp³-hybridized carbons (Fsp3) is 0.211. The van der Waals surface area contributed by atoms with Crippen LogP contribution in [0, 0.1) is 6.92 Å². The van der Waals surface area contributed by atoms with Crippen molar-refractivity contribution >= 4 is 29.1 Å². The zero-order valence-electron chi connectivity index (χ0n) is 13.7. The number of para-hydroxylation sites is 1. The van der Waals surface area contributed by atoms with Gasteiger partial charge in [0.1, 0.15) is 12.1 Å². The smallest absolute Gasteiger partial charge is 0.253 e. The Morgan fingerprint density at radius 2 is 1.56 bits per heavy atom. The SMILES string of the molecule is Cc1ccc(N2C(=O)[C@H]3[C@H](C2=O)N3CC(=O)Nc2ccccc2)cc1. The van der Waals surface area contributed by atoms with Gasteiger partial charge in [0.2, 0.25) is 5.91 Å². The lowest BCUT2D eigenvalue weighted by Crippen LogP contribution is -2.40. The highest BCUT2D eigenvalue weighted by Crippen LogP contribution is 2.39. The molecule has 0 aliphatic carbocycles.